The molecule has 3 amide bonds. The Morgan fingerprint density at radius 3 is 2.26 bits per heavy atom. The molecule has 0 fully saturated rings. The first kappa shape index (κ1) is 20.3. The number of phenols is 1. The molecule has 8 heteroatoms. The van der Waals surface area contributed by atoms with E-state index in [9.17, 15) is 19.5 Å². The molecule has 0 saturated heterocycles. The van der Waals surface area contributed by atoms with E-state index in [0.29, 0.717) is 0 Å². The number of nitrogens with zero attached hydrogens (tertiary/aromatic N) is 2. The number of amides is 3. The fourth-order valence-electron chi connectivity index (χ4n) is 2.48. The molecule has 0 unspecified atom stereocenters. The third-order valence-corrected chi connectivity index (χ3v) is 4.59. The minimum Gasteiger partial charge on any atom is -0.505 e. The Morgan fingerprint density at radius 1 is 1.11 bits per heavy atom. The minimum absolute atomic E-state index is 0.0414. The average molecular weight is 374 g/mol. The zero-order valence-electron chi connectivity index (χ0n) is 16.5. The van der Waals surface area contributed by atoms with Crippen molar-refractivity contribution in [3.05, 3.63) is 35.2 Å². The first-order valence-electron chi connectivity index (χ1n) is 8.70. The van der Waals surface area contributed by atoms with Crippen LogP contribution >= 0.6 is 0 Å². The van der Waals surface area contributed by atoms with E-state index in [2.05, 4.69) is 10.6 Å². The lowest BCUT2D eigenvalue weighted by atomic mass is 10.1. The van der Waals surface area contributed by atoms with Gasteiger partial charge in [-0.3, -0.25) is 19.3 Å². The van der Waals surface area contributed by atoms with Crippen LogP contribution in [0.1, 0.15) is 31.1 Å². The van der Waals surface area contributed by atoms with Gasteiger partial charge < -0.3 is 20.6 Å². The smallest absolute Gasteiger partial charge is 0.279 e. The lowest BCUT2D eigenvalue weighted by Gasteiger charge is -2.20. The number of anilines is 1. The third kappa shape index (κ3) is 3.89. The number of hydrogen-bond donors (Lipinski definition) is 3. The predicted octanol–water partition coefficient (Wildman–Crippen LogP) is 1.35. The minimum atomic E-state index is -0.512. The van der Waals surface area contributed by atoms with E-state index in [1.807, 2.05) is 20.8 Å². The van der Waals surface area contributed by atoms with Gasteiger partial charge in [0.05, 0.1) is 11.3 Å². The third-order valence-electron chi connectivity index (χ3n) is 4.59. The van der Waals surface area contributed by atoms with E-state index in [4.69, 9.17) is 0 Å². The van der Waals surface area contributed by atoms with Gasteiger partial charge >= 0.3 is 0 Å². The molecule has 0 aliphatic carbocycles. The second kappa shape index (κ2) is 7.69. The van der Waals surface area contributed by atoms with Gasteiger partial charge in [-0.2, -0.15) is 0 Å². The molecule has 146 valence electrons. The van der Waals surface area contributed by atoms with E-state index < -0.39 is 11.8 Å². The number of aromatic hydroxyl groups is 1. The molecule has 1 aromatic rings. The Bertz CT molecular complexity index is 814. The summed E-state index contributed by atoms with van der Waals surface area (Å²) in [5.41, 5.74) is 0.457. The van der Waals surface area contributed by atoms with Crippen LogP contribution in [0.5, 0.6) is 5.75 Å². The van der Waals surface area contributed by atoms with E-state index in [0.717, 1.165) is 4.90 Å². The number of benzene rings is 1. The Labute approximate surface area is 158 Å². The highest BCUT2D eigenvalue weighted by atomic mass is 16.3. The van der Waals surface area contributed by atoms with Crippen molar-refractivity contribution >= 4 is 23.4 Å². The van der Waals surface area contributed by atoms with Crippen LogP contribution in [0.25, 0.3) is 0 Å². The molecule has 1 aromatic carbocycles. The average Bonchev–Trinajstić information content (AvgIpc) is 2.80. The van der Waals surface area contributed by atoms with Gasteiger partial charge in [0.15, 0.2) is 5.75 Å². The van der Waals surface area contributed by atoms with Crippen molar-refractivity contribution in [1.29, 1.82) is 0 Å². The normalized spacial score (nSPS) is 15.4. The Morgan fingerprint density at radius 2 is 1.70 bits per heavy atom. The van der Waals surface area contributed by atoms with Gasteiger partial charge in [0, 0.05) is 27.2 Å². The van der Waals surface area contributed by atoms with Crippen molar-refractivity contribution in [3.8, 4) is 5.75 Å². The van der Waals surface area contributed by atoms with Gasteiger partial charge in [-0.15, -0.1) is 0 Å². The number of imide groups is 1. The van der Waals surface area contributed by atoms with Crippen molar-refractivity contribution in [2.24, 2.45) is 5.92 Å². The number of para-hydroxylation sites is 1. The quantitative estimate of drug-likeness (QED) is 0.513. The standard InChI is InChI=1S/C19H26N4O4/c1-10(2)11(3)20-14-15(19(27)23(6)18(14)26)21-13-9-7-8-12(16(13)24)17(25)22(4)5/h7-11,20-21,24H,1-6H3/t11-/m0/s1. The Kier molecular flexibility index (Phi) is 5.78. The zero-order valence-corrected chi connectivity index (χ0v) is 16.5. The highest BCUT2D eigenvalue weighted by Gasteiger charge is 2.37. The molecule has 0 saturated carbocycles. The highest BCUT2D eigenvalue weighted by molar-refractivity contribution is 6.20. The Hall–Kier alpha value is -3.03. The molecule has 8 nitrogen and oxygen atoms in total. The maximum Gasteiger partial charge on any atom is 0.279 e. The van der Waals surface area contributed by atoms with Crippen molar-refractivity contribution < 1.29 is 19.5 Å². The molecule has 2 rings (SSSR count). The van der Waals surface area contributed by atoms with E-state index in [1.165, 1.54) is 24.1 Å². The SMILES string of the molecule is CC(C)[C@H](C)NC1=C(Nc2cccc(C(=O)N(C)C)c2O)C(=O)N(C)C1=O. The number of hydrogen-bond acceptors (Lipinski definition) is 6. The molecule has 0 radical (unpaired) electrons. The maximum absolute atomic E-state index is 12.5. The van der Waals surface area contributed by atoms with Gasteiger partial charge in [0.2, 0.25) is 0 Å². The van der Waals surface area contributed by atoms with Crippen LogP contribution in [0.4, 0.5) is 5.69 Å². The van der Waals surface area contributed by atoms with Gasteiger partial charge in [-0.25, -0.2) is 0 Å². The summed E-state index contributed by atoms with van der Waals surface area (Å²) in [6.07, 6.45) is 0. The van der Waals surface area contributed by atoms with Gasteiger partial charge in [-0.1, -0.05) is 19.9 Å². The van der Waals surface area contributed by atoms with Crippen molar-refractivity contribution in [3.63, 3.8) is 0 Å². The monoisotopic (exact) mass is 374 g/mol. The molecule has 1 aliphatic rings. The summed E-state index contributed by atoms with van der Waals surface area (Å²) in [4.78, 5) is 39.5. The van der Waals surface area contributed by atoms with Gasteiger partial charge in [-0.05, 0) is 25.0 Å². The van der Waals surface area contributed by atoms with Crippen LogP contribution in [-0.4, -0.2) is 59.8 Å². The molecule has 0 spiro atoms. The molecule has 1 aliphatic heterocycles. The molecule has 1 heterocycles. The number of likely N-dealkylation sites (N-methyl/N-ethyl adjacent to an activating group) is 1. The molecule has 3 N–H and O–H groups in total. The number of phenolic OH excluding ortho intramolecular Hbond substituents is 1. The Balaban J connectivity index is 2.45. The van der Waals surface area contributed by atoms with Crippen LogP contribution in [0.3, 0.4) is 0 Å². The van der Waals surface area contributed by atoms with E-state index in [-0.39, 0.29) is 46.3 Å². The highest BCUT2D eigenvalue weighted by Crippen LogP contribution is 2.31. The van der Waals surface area contributed by atoms with E-state index >= 15 is 0 Å². The number of carbonyl (C=O) groups excluding carboxylic acids is 3. The molecule has 0 bridgehead atoms. The molecular formula is C19H26N4O4. The van der Waals surface area contributed by atoms with Crippen LogP contribution in [-0.2, 0) is 9.59 Å². The summed E-state index contributed by atoms with van der Waals surface area (Å²) >= 11 is 0. The molecule has 1 atom stereocenters. The summed E-state index contributed by atoms with van der Waals surface area (Å²) in [6.45, 7) is 5.91. The number of carbonyl (C=O) groups is 3. The summed E-state index contributed by atoms with van der Waals surface area (Å²) in [5.74, 6) is -1.38. The van der Waals surface area contributed by atoms with Crippen LogP contribution in [0, 0.1) is 5.92 Å². The fraction of sp³-hybridized carbons (Fsp3) is 0.421. The fourth-order valence-corrected chi connectivity index (χ4v) is 2.48. The summed E-state index contributed by atoms with van der Waals surface area (Å²) in [7, 11) is 4.55. The van der Waals surface area contributed by atoms with Crippen LogP contribution in [0.15, 0.2) is 29.6 Å². The molecular weight excluding hydrogens is 348 g/mol. The van der Waals surface area contributed by atoms with Crippen molar-refractivity contribution in [2.45, 2.75) is 26.8 Å². The largest absolute Gasteiger partial charge is 0.505 e. The second-order valence-corrected chi connectivity index (χ2v) is 7.12. The van der Waals surface area contributed by atoms with Crippen molar-refractivity contribution in [1.82, 2.24) is 15.1 Å². The van der Waals surface area contributed by atoms with Gasteiger partial charge in [0.1, 0.15) is 11.4 Å². The zero-order chi connectivity index (χ0) is 20.5. The van der Waals surface area contributed by atoms with Crippen molar-refractivity contribution in [2.75, 3.05) is 26.5 Å². The first-order chi connectivity index (χ1) is 12.6. The summed E-state index contributed by atoms with van der Waals surface area (Å²) < 4.78 is 0. The predicted molar refractivity (Wildman–Crippen MR) is 102 cm³/mol. The van der Waals surface area contributed by atoms with Crippen LogP contribution in [0.2, 0.25) is 0 Å². The lowest BCUT2D eigenvalue weighted by molar-refractivity contribution is -0.136. The van der Waals surface area contributed by atoms with E-state index in [1.54, 1.807) is 20.2 Å². The first-order valence-corrected chi connectivity index (χ1v) is 8.70. The van der Waals surface area contributed by atoms with Gasteiger partial charge in [0.25, 0.3) is 17.7 Å². The lowest BCUT2D eigenvalue weighted by Crippen LogP contribution is -2.35. The molecule has 27 heavy (non-hydrogen) atoms. The second-order valence-electron chi connectivity index (χ2n) is 7.12. The topological polar surface area (TPSA) is 102 Å². The summed E-state index contributed by atoms with van der Waals surface area (Å²) in [6, 6.07) is 4.57. The van der Waals surface area contributed by atoms with Crippen LogP contribution < -0.4 is 10.6 Å². The summed E-state index contributed by atoms with van der Waals surface area (Å²) in [5, 5.41) is 16.4. The maximum atomic E-state index is 12.5. The number of nitrogens with one attached hydrogen (secondary N) is 2. The molecule has 0 aromatic heterocycles. The number of rotatable bonds is 6.